The number of furan rings is 1. The number of fused-ring (bicyclic) bond motifs is 8. The van der Waals surface area contributed by atoms with E-state index in [0.717, 1.165) is 92.7 Å². The first-order valence-corrected chi connectivity index (χ1v) is 28.1. The number of benzene rings is 6. The van der Waals surface area contributed by atoms with Crippen molar-refractivity contribution in [1.29, 1.82) is 0 Å². The van der Waals surface area contributed by atoms with E-state index in [1.54, 1.807) is 0 Å². The Labute approximate surface area is 476 Å². The molecule has 12 rings (SSSR count). The lowest BCUT2D eigenvalue weighted by Crippen LogP contribution is -2.61. The minimum atomic E-state index is -1.64. The van der Waals surface area contributed by atoms with Crippen LogP contribution >= 0.6 is 0 Å². The molecule has 396 valence electrons. The maximum atomic E-state index is 9.79. The van der Waals surface area contributed by atoms with Crippen LogP contribution in [-0.4, -0.2) is 6.71 Å². The van der Waals surface area contributed by atoms with Gasteiger partial charge in [-0.2, -0.15) is 0 Å². The molecule has 0 radical (unpaired) electrons. The minimum Gasteiger partial charge on any atom is -0.468 e. The van der Waals surface area contributed by atoms with Crippen molar-refractivity contribution in [2.24, 2.45) is 0 Å². The summed E-state index contributed by atoms with van der Waals surface area (Å²) in [6, 6.07) is 24.6. The second-order valence-corrected chi connectivity index (χ2v) is 28.7. The Morgan fingerprint density at radius 1 is 0.545 bits per heavy atom. The third kappa shape index (κ3) is 8.37. The molecule has 2 atom stereocenters. The Morgan fingerprint density at radius 2 is 1.12 bits per heavy atom. The smallest absolute Gasteiger partial charge is 0.297 e. The van der Waals surface area contributed by atoms with Crippen LogP contribution in [0, 0.1) is 0 Å². The van der Waals surface area contributed by atoms with Gasteiger partial charge in [-0.15, -0.1) is 0 Å². The lowest BCUT2D eigenvalue weighted by molar-refractivity contribution is 0.332. The lowest BCUT2D eigenvalue weighted by Gasteiger charge is -2.45. The SMILES string of the molecule is [2H]C1=C([2H])C([2H])C([2H])C([2H])=C1N(c1cc2c3c(c1)N(c1ccc4c(c1)C(C)(C)CCC4(C)C)c1c(oc4cc5c(cc14)C(C)(C)CCC5(C)C)B3c1ccc(C(C)(C)C)cc1N2c1cc(C(C)(C)C)cc(C(C)(C)C)c1)c1c([2H])c([2H])c([2H])c([2H])c1[2H]. The molecule has 2 aliphatic heterocycles. The molecular formula is C72H84BN3O. The fourth-order valence-corrected chi connectivity index (χ4v) is 13.1. The van der Waals surface area contributed by atoms with Gasteiger partial charge in [0.1, 0.15) is 5.58 Å². The first-order chi connectivity index (χ1) is 40.2. The van der Waals surface area contributed by atoms with Gasteiger partial charge in [-0.25, -0.2) is 0 Å². The van der Waals surface area contributed by atoms with E-state index in [1.807, 2.05) is 12.1 Å². The van der Waals surface area contributed by atoms with Gasteiger partial charge in [0.2, 0.25) is 0 Å². The first kappa shape index (κ1) is 40.9. The summed E-state index contributed by atoms with van der Waals surface area (Å²) in [4.78, 5) is 6.01. The van der Waals surface area contributed by atoms with Gasteiger partial charge in [-0.1, -0.05) is 172 Å². The van der Waals surface area contributed by atoms with Gasteiger partial charge in [0.25, 0.3) is 6.71 Å². The normalized spacial score (nSPS) is 22.9. The summed E-state index contributed by atoms with van der Waals surface area (Å²) in [7, 11) is 0. The predicted molar refractivity (Wildman–Crippen MR) is 332 cm³/mol. The third-order valence-electron chi connectivity index (χ3n) is 18.3. The maximum Gasteiger partial charge on any atom is 0.297 e. The second-order valence-electron chi connectivity index (χ2n) is 28.7. The standard InChI is InChI=1S/C72H84BN3O/c1-66(2,3)45-28-31-58-59(39-45)75(51-37-46(67(4,5)6)36-47(38-51)68(7,8)9)60-41-52(74(48-24-20-18-21-25-48)49-26-22-19-23-27-49)42-61-63(60)73(58)65-64(53-43-56-57(44-62(53)77-65)72(16,17)35-34-71(56,14)15)76(61)50-29-30-54-55(40-50)70(12,13)33-32-69(54,10)11/h18,20-22,24-31,36-44H,19,23,32-35H2,1-17H3/i18D,19D,20D,21D,22D,23D,24D,25D,26D,27D. The summed E-state index contributed by atoms with van der Waals surface area (Å²) < 4.78 is 101. The third-order valence-corrected chi connectivity index (χ3v) is 18.3. The molecule has 0 bridgehead atoms. The van der Waals surface area contributed by atoms with Crippen molar-refractivity contribution < 1.29 is 18.1 Å². The summed E-state index contributed by atoms with van der Waals surface area (Å²) in [6.07, 6.45) is 0.802. The molecule has 2 unspecified atom stereocenters. The highest BCUT2D eigenvalue weighted by Crippen LogP contribution is 2.55. The zero-order valence-electron chi connectivity index (χ0n) is 58.8. The lowest BCUT2D eigenvalue weighted by atomic mass is 9.35. The fourth-order valence-electron chi connectivity index (χ4n) is 13.1. The van der Waals surface area contributed by atoms with Crippen molar-refractivity contribution in [2.45, 2.75) is 194 Å². The fraction of sp³-hybridized carbons (Fsp3) is 0.417. The Balaban J connectivity index is 1.33. The molecule has 0 spiro atoms. The highest BCUT2D eigenvalue weighted by atomic mass is 16.3. The Morgan fingerprint density at radius 3 is 1.73 bits per heavy atom. The molecule has 0 amide bonds. The average molecular weight is 1030 g/mol. The Hall–Kier alpha value is -6.20. The van der Waals surface area contributed by atoms with E-state index in [-0.39, 0.29) is 55.0 Å². The topological polar surface area (TPSA) is 22.9 Å². The van der Waals surface area contributed by atoms with Crippen LogP contribution < -0.4 is 31.3 Å². The highest BCUT2D eigenvalue weighted by Gasteiger charge is 2.49. The van der Waals surface area contributed by atoms with Crippen LogP contribution in [0.3, 0.4) is 0 Å². The first-order valence-electron chi connectivity index (χ1n) is 33.3. The molecule has 3 aliphatic carbocycles. The van der Waals surface area contributed by atoms with Crippen LogP contribution in [0.5, 0.6) is 0 Å². The molecule has 5 aliphatic rings. The van der Waals surface area contributed by atoms with Crippen LogP contribution in [-0.2, 0) is 37.9 Å². The summed E-state index contributed by atoms with van der Waals surface area (Å²) in [6.45, 7) is 38.1. The van der Waals surface area contributed by atoms with E-state index >= 15 is 0 Å². The number of rotatable bonds is 5. The molecule has 0 saturated carbocycles. The molecule has 0 fully saturated rings. The number of anilines is 8. The number of hydrogen-bond acceptors (Lipinski definition) is 4. The summed E-state index contributed by atoms with van der Waals surface area (Å²) in [5.74, 6) is 0. The average Bonchev–Trinajstić information content (AvgIpc) is 1.68. The maximum absolute atomic E-state index is 9.79. The monoisotopic (exact) mass is 1030 g/mol. The molecule has 5 heteroatoms. The van der Waals surface area contributed by atoms with Gasteiger partial charge in [0, 0.05) is 47.9 Å². The van der Waals surface area contributed by atoms with Crippen molar-refractivity contribution in [3.63, 3.8) is 0 Å². The van der Waals surface area contributed by atoms with Gasteiger partial charge in [0.05, 0.1) is 28.0 Å². The number of allylic oxidation sites excluding steroid dienone is 3. The van der Waals surface area contributed by atoms with E-state index in [1.165, 1.54) is 27.2 Å². The van der Waals surface area contributed by atoms with E-state index in [0.29, 0.717) is 11.4 Å². The molecule has 3 heterocycles. The van der Waals surface area contributed by atoms with Crippen LogP contribution in [0.2, 0.25) is 0 Å². The van der Waals surface area contributed by atoms with Crippen molar-refractivity contribution in [1.82, 2.24) is 0 Å². The molecule has 1 aromatic heterocycles. The van der Waals surface area contributed by atoms with Gasteiger partial charge in [0.15, 0.2) is 0 Å². The van der Waals surface area contributed by atoms with E-state index in [2.05, 4.69) is 194 Å². The Kier molecular flexibility index (Phi) is 9.12. The summed E-state index contributed by atoms with van der Waals surface area (Å²) in [5.41, 5.74) is 14.8. The van der Waals surface area contributed by atoms with Gasteiger partial charge < -0.3 is 19.1 Å². The second kappa shape index (κ2) is 17.2. The highest BCUT2D eigenvalue weighted by molar-refractivity contribution is 7.00. The predicted octanol–water partition coefficient (Wildman–Crippen LogP) is 18.5. The van der Waals surface area contributed by atoms with Crippen LogP contribution in [0.25, 0.3) is 11.0 Å². The van der Waals surface area contributed by atoms with Crippen molar-refractivity contribution in [3.05, 3.63) is 172 Å². The molecular weight excluding hydrogens is 934 g/mol. The molecule has 0 saturated heterocycles. The molecule has 4 nitrogen and oxygen atoms in total. The van der Waals surface area contributed by atoms with E-state index in [9.17, 15) is 11.0 Å². The zero-order chi connectivity index (χ0) is 63.4. The van der Waals surface area contributed by atoms with Gasteiger partial charge in [-0.3, -0.25) is 0 Å². The molecule has 77 heavy (non-hydrogen) atoms. The number of para-hydroxylation sites is 1. The minimum absolute atomic E-state index is 0.109. The Bertz CT molecular complexity index is 4120. The molecule has 0 N–H and O–H groups in total. The summed E-state index contributed by atoms with van der Waals surface area (Å²) in [5, 5.41) is 0.937. The molecule has 6 aromatic carbocycles. The van der Waals surface area contributed by atoms with E-state index in [4.69, 9.17) is 7.16 Å². The number of nitrogens with zero attached hydrogens (tertiary/aromatic N) is 3. The van der Waals surface area contributed by atoms with E-state index < -0.39 is 67.9 Å². The van der Waals surface area contributed by atoms with Crippen molar-refractivity contribution in [2.75, 3.05) is 14.7 Å². The van der Waals surface area contributed by atoms with Crippen LogP contribution in [0.1, 0.15) is 209 Å². The summed E-state index contributed by atoms with van der Waals surface area (Å²) >= 11 is 0. The van der Waals surface area contributed by atoms with Gasteiger partial charge in [-0.05, 0) is 199 Å². The van der Waals surface area contributed by atoms with Crippen LogP contribution in [0.15, 0.2) is 137 Å². The van der Waals surface area contributed by atoms with Crippen molar-refractivity contribution in [3.8, 4) is 0 Å². The van der Waals surface area contributed by atoms with Crippen molar-refractivity contribution >= 4 is 79.8 Å². The quantitative estimate of drug-likeness (QED) is 0.160. The largest absolute Gasteiger partial charge is 0.468 e. The number of hydrogen-bond donors (Lipinski definition) is 0. The van der Waals surface area contributed by atoms with Gasteiger partial charge >= 0.3 is 0 Å². The molecule has 7 aromatic rings. The van der Waals surface area contributed by atoms with Crippen LogP contribution in [0.4, 0.5) is 45.5 Å². The zero-order valence-corrected chi connectivity index (χ0v) is 48.8.